The lowest BCUT2D eigenvalue weighted by Gasteiger charge is -2.29. The Kier molecular flexibility index (Phi) is 6.03. The Labute approximate surface area is 121 Å². The average Bonchev–Trinajstić information content (AvgIpc) is 2.40. The molecule has 0 spiro atoms. The van der Waals surface area contributed by atoms with Crippen molar-refractivity contribution in [2.45, 2.75) is 12.1 Å². The van der Waals surface area contributed by atoms with Crippen molar-refractivity contribution < 1.29 is 5.11 Å². The molecule has 1 N–H and O–H groups in total. The molecule has 0 bridgehead atoms. The first kappa shape index (κ1) is 15.7. The van der Waals surface area contributed by atoms with E-state index in [9.17, 15) is 5.11 Å². The van der Waals surface area contributed by atoms with Crippen LogP contribution in [0.2, 0.25) is 0 Å². The van der Waals surface area contributed by atoms with Gasteiger partial charge in [-0.15, -0.1) is 12.4 Å². The molecule has 0 fully saturated rings. The number of nitrogens with zero attached hydrogens (tertiary/aromatic N) is 1. The highest BCUT2D eigenvalue weighted by Gasteiger charge is 2.24. The fraction of sp³-hybridized carbons (Fsp3) is 0.250. The molecule has 0 heterocycles. The van der Waals surface area contributed by atoms with E-state index in [-0.39, 0.29) is 18.4 Å². The first-order valence-corrected chi connectivity index (χ1v) is 6.14. The van der Waals surface area contributed by atoms with Crippen LogP contribution in [0.15, 0.2) is 60.7 Å². The van der Waals surface area contributed by atoms with Gasteiger partial charge in [0.2, 0.25) is 0 Å². The number of aliphatic hydroxyl groups is 1. The van der Waals surface area contributed by atoms with Crippen LogP contribution in [0, 0.1) is 0 Å². The minimum absolute atomic E-state index is 0. The summed E-state index contributed by atoms with van der Waals surface area (Å²) in [6.07, 6.45) is -0.524. The van der Waals surface area contributed by atoms with Crippen LogP contribution in [0.4, 0.5) is 0 Å². The Morgan fingerprint density at radius 1 is 0.789 bits per heavy atom. The second-order valence-electron chi connectivity index (χ2n) is 4.67. The van der Waals surface area contributed by atoms with Gasteiger partial charge in [-0.2, -0.15) is 0 Å². The molecule has 0 aromatic heterocycles. The molecular weight excluding hydrogens is 258 g/mol. The van der Waals surface area contributed by atoms with Crippen molar-refractivity contribution in [3.8, 4) is 0 Å². The number of rotatable bonds is 4. The van der Waals surface area contributed by atoms with Crippen LogP contribution in [-0.2, 0) is 0 Å². The normalized spacial score (nSPS) is 13.7. The molecule has 0 amide bonds. The summed E-state index contributed by atoms with van der Waals surface area (Å²) in [5, 5.41) is 10.6. The molecule has 2 aromatic rings. The van der Waals surface area contributed by atoms with Gasteiger partial charge in [0.05, 0.1) is 12.1 Å². The Hall–Kier alpha value is -1.35. The number of benzene rings is 2. The monoisotopic (exact) mass is 277 g/mol. The van der Waals surface area contributed by atoms with E-state index in [4.69, 9.17) is 0 Å². The van der Waals surface area contributed by atoms with Gasteiger partial charge in [0.1, 0.15) is 0 Å². The SMILES string of the molecule is CN(C)[C@@H](c1ccccc1)[C@@H](O)c1ccccc1.Cl. The molecule has 0 aliphatic carbocycles. The van der Waals surface area contributed by atoms with E-state index in [1.807, 2.05) is 67.5 Å². The summed E-state index contributed by atoms with van der Waals surface area (Å²) in [5.74, 6) is 0. The minimum atomic E-state index is -0.524. The zero-order valence-corrected chi connectivity index (χ0v) is 12.0. The summed E-state index contributed by atoms with van der Waals surface area (Å²) in [7, 11) is 3.98. The third-order valence-electron chi connectivity index (χ3n) is 3.14. The smallest absolute Gasteiger partial charge is 0.0986 e. The molecule has 102 valence electrons. The molecule has 0 radical (unpaired) electrons. The van der Waals surface area contributed by atoms with E-state index in [1.165, 1.54) is 0 Å². The maximum Gasteiger partial charge on any atom is 0.0986 e. The number of hydrogen-bond donors (Lipinski definition) is 1. The maximum absolute atomic E-state index is 10.6. The Bertz CT molecular complexity index is 473. The van der Waals surface area contributed by atoms with E-state index < -0.39 is 6.10 Å². The number of hydrogen-bond acceptors (Lipinski definition) is 2. The fourth-order valence-corrected chi connectivity index (χ4v) is 2.25. The highest BCUT2D eigenvalue weighted by molar-refractivity contribution is 5.85. The van der Waals surface area contributed by atoms with Crippen molar-refractivity contribution >= 4 is 12.4 Å². The lowest BCUT2D eigenvalue weighted by molar-refractivity contribution is 0.0754. The summed E-state index contributed by atoms with van der Waals surface area (Å²) in [4.78, 5) is 2.05. The van der Waals surface area contributed by atoms with Crippen LogP contribution < -0.4 is 0 Å². The highest BCUT2D eigenvalue weighted by Crippen LogP contribution is 2.32. The third-order valence-corrected chi connectivity index (χ3v) is 3.14. The van der Waals surface area contributed by atoms with Crippen LogP contribution in [0.1, 0.15) is 23.3 Å². The van der Waals surface area contributed by atoms with Gasteiger partial charge in [-0.3, -0.25) is 4.90 Å². The van der Waals surface area contributed by atoms with Crippen LogP contribution in [0.3, 0.4) is 0 Å². The van der Waals surface area contributed by atoms with Crippen molar-refractivity contribution in [3.63, 3.8) is 0 Å². The standard InChI is InChI=1S/C16H19NO.ClH/c1-17(2)15(13-9-5-3-6-10-13)16(18)14-11-7-4-8-12-14;/h3-12,15-16,18H,1-2H3;1H/t15-,16-;/m0./s1. The average molecular weight is 278 g/mol. The molecule has 3 heteroatoms. The molecule has 2 nitrogen and oxygen atoms in total. The van der Waals surface area contributed by atoms with Crippen molar-refractivity contribution in [1.82, 2.24) is 4.90 Å². The molecule has 0 aliphatic rings. The molecule has 2 aromatic carbocycles. The minimum Gasteiger partial charge on any atom is -0.386 e. The molecule has 19 heavy (non-hydrogen) atoms. The maximum atomic E-state index is 10.6. The summed E-state index contributed by atoms with van der Waals surface area (Å²) in [6, 6.07) is 19.9. The van der Waals surface area contributed by atoms with Gasteiger partial charge in [0.25, 0.3) is 0 Å². The van der Waals surface area contributed by atoms with Crippen molar-refractivity contribution in [1.29, 1.82) is 0 Å². The summed E-state index contributed by atoms with van der Waals surface area (Å²) >= 11 is 0. The van der Waals surface area contributed by atoms with Gasteiger partial charge < -0.3 is 5.11 Å². The Morgan fingerprint density at radius 3 is 1.63 bits per heavy atom. The van der Waals surface area contributed by atoms with Gasteiger partial charge in [0, 0.05) is 0 Å². The van der Waals surface area contributed by atoms with Gasteiger partial charge in [0.15, 0.2) is 0 Å². The van der Waals surface area contributed by atoms with Crippen LogP contribution in [0.25, 0.3) is 0 Å². The van der Waals surface area contributed by atoms with Crippen LogP contribution in [-0.4, -0.2) is 24.1 Å². The fourth-order valence-electron chi connectivity index (χ4n) is 2.25. The van der Waals surface area contributed by atoms with Gasteiger partial charge in [-0.05, 0) is 25.2 Å². The zero-order chi connectivity index (χ0) is 13.0. The first-order chi connectivity index (χ1) is 8.70. The Morgan fingerprint density at radius 2 is 1.21 bits per heavy atom. The van der Waals surface area contributed by atoms with Crippen molar-refractivity contribution in [3.05, 3.63) is 71.8 Å². The summed E-state index contributed by atoms with van der Waals surface area (Å²) in [6.45, 7) is 0. The predicted octanol–water partition coefficient (Wildman–Crippen LogP) is 3.44. The molecule has 0 aliphatic heterocycles. The largest absolute Gasteiger partial charge is 0.386 e. The number of aliphatic hydroxyl groups excluding tert-OH is 1. The molecule has 0 unspecified atom stereocenters. The first-order valence-electron chi connectivity index (χ1n) is 6.14. The second kappa shape index (κ2) is 7.29. The molecule has 2 atom stereocenters. The van der Waals surface area contributed by atoms with Gasteiger partial charge in [-0.25, -0.2) is 0 Å². The quantitative estimate of drug-likeness (QED) is 0.925. The van der Waals surface area contributed by atoms with E-state index in [0.717, 1.165) is 11.1 Å². The molecular formula is C16H20ClNO. The summed E-state index contributed by atoms with van der Waals surface area (Å²) < 4.78 is 0. The highest BCUT2D eigenvalue weighted by atomic mass is 35.5. The van der Waals surface area contributed by atoms with E-state index in [2.05, 4.69) is 12.1 Å². The third kappa shape index (κ3) is 3.80. The number of halogens is 1. The van der Waals surface area contributed by atoms with E-state index >= 15 is 0 Å². The van der Waals surface area contributed by atoms with Gasteiger partial charge >= 0.3 is 0 Å². The molecule has 0 saturated carbocycles. The summed E-state index contributed by atoms with van der Waals surface area (Å²) in [5.41, 5.74) is 2.07. The van der Waals surface area contributed by atoms with Crippen molar-refractivity contribution in [2.75, 3.05) is 14.1 Å². The topological polar surface area (TPSA) is 23.5 Å². The number of likely N-dealkylation sites (N-methyl/N-ethyl adjacent to an activating group) is 1. The zero-order valence-electron chi connectivity index (χ0n) is 11.2. The van der Waals surface area contributed by atoms with Crippen LogP contribution in [0.5, 0.6) is 0 Å². The van der Waals surface area contributed by atoms with E-state index in [0.29, 0.717) is 0 Å². The Balaban J connectivity index is 0.00000180. The lowest BCUT2D eigenvalue weighted by atomic mass is 9.95. The predicted molar refractivity (Wildman–Crippen MR) is 81.5 cm³/mol. The molecule has 0 saturated heterocycles. The van der Waals surface area contributed by atoms with E-state index in [1.54, 1.807) is 0 Å². The van der Waals surface area contributed by atoms with Crippen molar-refractivity contribution in [2.24, 2.45) is 0 Å². The second-order valence-corrected chi connectivity index (χ2v) is 4.67. The van der Waals surface area contributed by atoms with Crippen LogP contribution >= 0.6 is 12.4 Å². The van der Waals surface area contributed by atoms with Gasteiger partial charge in [-0.1, -0.05) is 60.7 Å². The lowest BCUT2D eigenvalue weighted by Crippen LogP contribution is -2.26. The molecule has 2 rings (SSSR count).